The second kappa shape index (κ2) is 13.3. The summed E-state index contributed by atoms with van der Waals surface area (Å²) < 4.78 is 0. The predicted molar refractivity (Wildman–Crippen MR) is 173 cm³/mol. The molecule has 2 heterocycles. The van der Waals surface area contributed by atoms with Crippen LogP contribution in [0.4, 0.5) is 5.69 Å². The molecule has 0 saturated carbocycles. The van der Waals surface area contributed by atoms with Crippen LogP contribution in [0, 0.1) is 18.3 Å². The molecule has 0 radical (unpaired) electrons. The van der Waals surface area contributed by atoms with Crippen LogP contribution in [-0.4, -0.2) is 21.9 Å². The summed E-state index contributed by atoms with van der Waals surface area (Å²) in [5.74, 6) is -0.340. The maximum atomic E-state index is 13.2. The molecule has 42 heavy (non-hydrogen) atoms. The van der Waals surface area contributed by atoms with Crippen molar-refractivity contribution >= 4 is 46.6 Å². The van der Waals surface area contributed by atoms with Crippen molar-refractivity contribution in [3.63, 3.8) is 0 Å². The van der Waals surface area contributed by atoms with E-state index in [1.807, 2.05) is 85.1 Å². The molecule has 1 amide bonds. The van der Waals surface area contributed by atoms with Crippen molar-refractivity contribution < 1.29 is 9.59 Å². The normalized spacial score (nSPS) is 11.6. The monoisotopic (exact) mass is 585 g/mol. The average molecular weight is 586 g/mol. The number of allylic oxidation sites excluding steroid dienone is 1. The molecular weight excluding hydrogens is 559 g/mol. The van der Waals surface area contributed by atoms with Gasteiger partial charge in [-0.3, -0.25) is 9.59 Å². The minimum atomic E-state index is -0.545. The van der Waals surface area contributed by atoms with Crippen molar-refractivity contribution in [2.45, 2.75) is 24.1 Å². The number of aromatic nitrogens is 1. The van der Waals surface area contributed by atoms with Crippen LogP contribution in [0.25, 0.3) is 28.5 Å². The van der Waals surface area contributed by atoms with E-state index in [0.717, 1.165) is 32.8 Å². The first-order chi connectivity index (χ1) is 20.4. The Bertz CT molecular complexity index is 1790. The molecule has 0 bridgehead atoms. The quantitative estimate of drug-likeness (QED) is 0.106. The largest absolute Gasteiger partial charge is 0.325 e. The molecule has 3 aromatic carbocycles. The highest BCUT2D eigenvalue weighted by atomic mass is 32.2. The van der Waals surface area contributed by atoms with Gasteiger partial charge in [0.25, 0.3) is 0 Å². The minimum absolute atomic E-state index is 0.108. The number of anilines is 1. The molecule has 0 aliphatic carbocycles. The summed E-state index contributed by atoms with van der Waals surface area (Å²) in [6.45, 7) is 3.80. The second-order valence-electron chi connectivity index (χ2n) is 9.62. The molecule has 1 unspecified atom stereocenters. The predicted octanol–water partition coefficient (Wildman–Crippen LogP) is 8.67. The minimum Gasteiger partial charge on any atom is -0.325 e. The first-order valence-electron chi connectivity index (χ1n) is 13.3. The van der Waals surface area contributed by atoms with Gasteiger partial charge in [-0.25, -0.2) is 4.98 Å². The molecule has 1 atom stereocenters. The summed E-state index contributed by atoms with van der Waals surface area (Å²) in [7, 11) is 0. The Balaban J connectivity index is 1.36. The Labute approximate surface area is 253 Å². The summed E-state index contributed by atoms with van der Waals surface area (Å²) in [4.78, 5) is 31.6. The van der Waals surface area contributed by atoms with Crippen molar-refractivity contribution in [1.82, 2.24) is 4.98 Å². The molecule has 0 fully saturated rings. The smallest absolute Gasteiger partial charge is 0.237 e. The topological polar surface area (TPSA) is 82.8 Å². The molecule has 0 saturated heterocycles. The summed E-state index contributed by atoms with van der Waals surface area (Å²) in [5, 5.41) is 15.0. The number of pyridine rings is 1. The van der Waals surface area contributed by atoms with Crippen LogP contribution in [0.3, 0.4) is 0 Å². The van der Waals surface area contributed by atoms with E-state index in [2.05, 4.69) is 11.4 Å². The van der Waals surface area contributed by atoms with Crippen LogP contribution < -0.4 is 5.32 Å². The van der Waals surface area contributed by atoms with Crippen LogP contribution in [0.2, 0.25) is 0 Å². The fraction of sp³-hybridized carbons (Fsp3) is 0.0857. The maximum Gasteiger partial charge on any atom is 0.237 e. The number of amides is 1. The Morgan fingerprint density at radius 1 is 0.952 bits per heavy atom. The van der Waals surface area contributed by atoms with Gasteiger partial charge in [-0.05, 0) is 73.3 Å². The molecule has 5 aromatic rings. The highest BCUT2D eigenvalue weighted by Gasteiger charge is 2.22. The third kappa shape index (κ3) is 6.92. The number of benzene rings is 3. The van der Waals surface area contributed by atoms with Crippen molar-refractivity contribution in [3.8, 4) is 28.5 Å². The van der Waals surface area contributed by atoms with Crippen LogP contribution in [0.15, 0.2) is 114 Å². The highest BCUT2D eigenvalue weighted by molar-refractivity contribution is 8.00. The zero-order valence-electron chi connectivity index (χ0n) is 23.1. The Morgan fingerprint density at radius 2 is 1.71 bits per heavy atom. The Morgan fingerprint density at radius 3 is 2.40 bits per heavy atom. The first-order valence-corrected chi connectivity index (χ1v) is 15.1. The number of aryl methyl sites for hydroxylation is 1. The van der Waals surface area contributed by atoms with Gasteiger partial charge in [-0.2, -0.15) is 5.26 Å². The van der Waals surface area contributed by atoms with Crippen LogP contribution in [-0.2, 0) is 4.79 Å². The van der Waals surface area contributed by atoms with Crippen LogP contribution in [0.5, 0.6) is 0 Å². The highest BCUT2D eigenvalue weighted by Crippen LogP contribution is 2.36. The lowest BCUT2D eigenvalue weighted by Gasteiger charge is -2.16. The third-order valence-corrected chi connectivity index (χ3v) is 8.46. The van der Waals surface area contributed by atoms with E-state index in [1.165, 1.54) is 11.8 Å². The number of carbonyl (C=O) groups is 2. The number of carbonyl (C=O) groups excluding carboxylic acids is 2. The molecule has 206 valence electrons. The lowest BCUT2D eigenvalue weighted by Crippen LogP contribution is -2.22. The number of thiophene rings is 1. The van der Waals surface area contributed by atoms with Crippen LogP contribution >= 0.6 is 23.1 Å². The zero-order valence-corrected chi connectivity index (χ0v) is 24.7. The molecule has 5 nitrogen and oxygen atoms in total. The van der Waals surface area contributed by atoms with Gasteiger partial charge in [0.15, 0.2) is 5.78 Å². The summed E-state index contributed by atoms with van der Waals surface area (Å²) in [6.07, 6.45) is 3.34. The van der Waals surface area contributed by atoms with Crippen molar-refractivity contribution in [3.05, 3.63) is 130 Å². The first kappa shape index (κ1) is 28.7. The molecular formula is C35H27N3O2S2. The number of thioether (sulfide) groups is 1. The van der Waals surface area contributed by atoms with E-state index in [-0.39, 0.29) is 11.7 Å². The summed E-state index contributed by atoms with van der Waals surface area (Å²) >= 11 is 2.81. The van der Waals surface area contributed by atoms with Crippen molar-refractivity contribution in [2.75, 3.05) is 5.32 Å². The number of hydrogen-bond donors (Lipinski definition) is 1. The van der Waals surface area contributed by atoms with Crippen molar-refractivity contribution in [2.24, 2.45) is 0 Å². The Kier molecular flexibility index (Phi) is 9.08. The number of ketones is 1. The summed E-state index contributed by atoms with van der Waals surface area (Å²) in [6, 6.07) is 32.8. The van der Waals surface area contributed by atoms with E-state index in [4.69, 9.17) is 4.98 Å². The molecule has 5 rings (SSSR count). The van der Waals surface area contributed by atoms with E-state index < -0.39 is 5.25 Å². The van der Waals surface area contributed by atoms with Gasteiger partial charge in [0.05, 0.1) is 16.5 Å². The molecule has 0 aliphatic heterocycles. The van der Waals surface area contributed by atoms with E-state index >= 15 is 0 Å². The van der Waals surface area contributed by atoms with Crippen molar-refractivity contribution in [1.29, 1.82) is 5.26 Å². The number of nitrogens with one attached hydrogen (secondary N) is 1. The standard InChI is InChI=1S/C35H27N3O2S2/c1-23-8-6-11-27(20-23)30-21-32(25-9-4-3-5-10-25)38-35(31(30)22-36)42-24(2)34(40)37-28-15-13-26(14-16-28)33(39)18-17-29-12-7-19-41-29/h3-21,24H,1-2H3,(H,37,40)/b18-17+. The fourth-order valence-corrected chi connectivity index (χ4v) is 5.88. The Hall–Kier alpha value is -4.77. The van der Waals surface area contributed by atoms with E-state index in [9.17, 15) is 14.9 Å². The van der Waals surface area contributed by atoms with Gasteiger partial charge in [0, 0.05) is 27.3 Å². The molecule has 0 spiro atoms. The SMILES string of the molecule is Cc1cccc(-c2cc(-c3ccccc3)nc(SC(C)C(=O)Nc3ccc(C(=O)/C=C/c4cccs4)cc3)c2C#N)c1. The molecule has 7 heteroatoms. The zero-order chi connectivity index (χ0) is 29.5. The van der Waals surface area contributed by atoms with Gasteiger partial charge >= 0.3 is 0 Å². The van der Waals surface area contributed by atoms with E-state index in [0.29, 0.717) is 21.8 Å². The number of nitriles is 1. The maximum absolute atomic E-state index is 13.2. The van der Waals surface area contributed by atoms with E-state index in [1.54, 1.807) is 54.7 Å². The number of nitrogens with zero attached hydrogens (tertiary/aromatic N) is 2. The van der Waals surface area contributed by atoms with Gasteiger partial charge in [0.1, 0.15) is 11.1 Å². The molecule has 2 aromatic heterocycles. The lowest BCUT2D eigenvalue weighted by atomic mass is 9.98. The van der Waals surface area contributed by atoms with Crippen LogP contribution in [0.1, 0.15) is 33.3 Å². The molecule has 0 aliphatic rings. The van der Waals surface area contributed by atoms with Gasteiger partial charge in [-0.15, -0.1) is 11.3 Å². The third-order valence-electron chi connectivity index (χ3n) is 6.53. The lowest BCUT2D eigenvalue weighted by molar-refractivity contribution is -0.115. The second-order valence-corrected chi connectivity index (χ2v) is 11.9. The summed E-state index contributed by atoms with van der Waals surface area (Å²) in [5.41, 5.74) is 5.99. The molecule has 1 N–H and O–H groups in total. The van der Waals surface area contributed by atoms with Gasteiger partial charge in [0.2, 0.25) is 5.91 Å². The van der Waals surface area contributed by atoms with Gasteiger partial charge in [-0.1, -0.05) is 78.0 Å². The van der Waals surface area contributed by atoms with Gasteiger partial charge < -0.3 is 5.32 Å². The number of rotatable bonds is 9. The number of hydrogen-bond acceptors (Lipinski definition) is 6. The average Bonchev–Trinajstić information content (AvgIpc) is 3.54. The fourth-order valence-electron chi connectivity index (χ4n) is 4.33.